The van der Waals surface area contributed by atoms with Crippen LogP contribution in [0.3, 0.4) is 0 Å². The van der Waals surface area contributed by atoms with Crippen molar-refractivity contribution in [3.63, 3.8) is 0 Å². The number of hydrogen-bond acceptors (Lipinski definition) is 0. The second kappa shape index (κ2) is 11.2. The van der Waals surface area contributed by atoms with E-state index in [1.54, 1.807) is 0 Å². The Hall–Kier alpha value is -3.10. The molecule has 0 radical (unpaired) electrons. The number of nitrogens with two attached hydrogens (primary N) is 1. The third-order valence-corrected chi connectivity index (χ3v) is 5.78. The molecule has 30 heavy (non-hydrogen) atoms. The van der Waals surface area contributed by atoms with Crippen molar-refractivity contribution in [2.24, 2.45) is 0 Å². The molecule has 4 aromatic rings. The third kappa shape index (κ3) is 4.72. The Labute approximate surface area is 181 Å². The normalized spacial score (nSPS) is 10.7. The molecule has 0 spiro atoms. The molecule has 0 heterocycles. The summed E-state index contributed by atoms with van der Waals surface area (Å²) >= 11 is 0. The van der Waals surface area contributed by atoms with E-state index in [-0.39, 0.29) is 0 Å². The monoisotopic (exact) mass is 393 g/mol. The molecule has 0 atom stereocenters. The highest BCUT2D eigenvalue weighted by Gasteiger charge is 2.30. The van der Waals surface area contributed by atoms with Crippen LogP contribution in [0.1, 0.15) is 13.8 Å². The van der Waals surface area contributed by atoms with Gasteiger partial charge in [0.15, 0.2) is 0 Å². The molecule has 0 aliphatic heterocycles. The Morgan fingerprint density at radius 1 is 0.433 bits per heavy atom. The van der Waals surface area contributed by atoms with E-state index in [2.05, 4.69) is 140 Å². The van der Waals surface area contributed by atoms with Crippen molar-refractivity contribution >= 4 is 28.0 Å². The Morgan fingerprint density at radius 2 is 0.667 bits per heavy atom. The van der Waals surface area contributed by atoms with Crippen LogP contribution in [-0.4, -0.2) is 19.2 Å². The molecule has 0 unspecified atom stereocenters. The van der Waals surface area contributed by atoms with Crippen LogP contribution < -0.4 is 27.2 Å². The molecule has 0 bridgehead atoms. The van der Waals surface area contributed by atoms with E-state index < -0.39 is 6.15 Å². The largest absolute Gasteiger partial charge is 0.347 e. The fraction of sp³-hybridized carbons (Fsp3) is 0.143. The van der Waals surface area contributed by atoms with Crippen LogP contribution in [0.5, 0.6) is 0 Å². The van der Waals surface area contributed by atoms with Gasteiger partial charge >= 0.3 is 0 Å². The van der Waals surface area contributed by atoms with Gasteiger partial charge in [-0.25, -0.2) is 0 Å². The highest BCUT2D eigenvalue weighted by atomic mass is 14.8. The highest BCUT2D eigenvalue weighted by Crippen LogP contribution is 2.09. The second-order valence-electron chi connectivity index (χ2n) is 7.61. The predicted octanol–water partition coefficient (Wildman–Crippen LogP) is 2.65. The van der Waals surface area contributed by atoms with E-state index in [1.165, 1.54) is 34.9 Å². The van der Waals surface area contributed by atoms with Crippen molar-refractivity contribution < 1.29 is 5.32 Å². The molecule has 1 nitrogen and oxygen atoms in total. The van der Waals surface area contributed by atoms with Crippen molar-refractivity contribution in [2.75, 3.05) is 13.1 Å². The van der Waals surface area contributed by atoms with Crippen molar-refractivity contribution in [3.05, 3.63) is 121 Å². The molecule has 0 aliphatic carbocycles. The number of hydrogen-bond donors (Lipinski definition) is 1. The first-order chi connectivity index (χ1) is 14.8. The van der Waals surface area contributed by atoms with Crippen molar-refractivity contribution in [1.82, 2.24) is 0 Å². The van der Waals surface area contributed by atoms with Crippen LogP contribution in [0, 0.1) is 0 Å². The first-order valence-corrected chi connectivity index (χ1v) is 11.0. The molecule has 0 saturated carbocycles. The summed E-state index contributed by atoms with van der Waals surface area (Å²) in [6, 6.07) is 43.5. The van der Waals surface area contributed by atoms with Gasteiger partial charge in [-0.3, -0.25) is 0 Å². The van der Waals surface area contributed by atoms with Gasteiger partial charge in [0.1, 0.15) is 6.15 Å². The van der Waals surface area contributed by atoms with E-state index in [0.717, 1.165) is 0 Å². The van der Waals surface area contributed by atoms with E-state index in [0.29, 0.717) is 0 Å². The highest BCUT2D eigenvalue weighted by molar-refractivity contribution is 7.19. The summed E-state index contributed by atoms with van der Waals surface area (Å²) in [6.45, 7) is 6.75. The zero-order valence-electron chi connectivity index (χ0n) is 18.1. The van der Waals surface area contributed by atoms with Gasteiger partial charge in [-0.1, -0.05) is 121 Å². The molecule has 0 aliphatic rings. The Balaban J connectivity index is 0.000000461. The molecule has 0 fully saturated rings. The lowest BCUT2D eigenvalue weighted by atomic mass is 9.13. The molecule has 4 rings (SSSR count). The molecule has 0 aromatic heterocycles. The van der Waals surface area contributed by atoms with Crippen LogP contribution in [0.15, 0.2) is 121 Å². The first kappa shape index (κ1) is 21.6. The lowest BCUT2D eigenvalue weighted by molar-refractivity contribution is -0.648. The number of benzene rings is 4. The molecule has 152 valence electrons. The molecule has 4 aromatic carbocycles. The Bertz CT molecular complexity index is 805. The van der Waals surface area contributed by atoms with Gasteiger partial charge in [0, 0.05) is 0 Å². The quantitative estimate of drug-likeness (QED) is 0.485. The van der Waals surface area contributed by atoms with Crippen LogP contribution in [-0.2, 0) is 0 Å². The maximum atomic E-state index is 2.26. The third-order valence-electron chi connectivity index (χ3n) is 5.78. The lowest BCUT2D eigenvalue weighted by Crippen LogP contribution is -2.82. The summed E-state index contributed by atoms with van der Waals surface area (Å²) in [5.41, 5.74) is 5.36. The number of rotatable bonds is 6. The molecule has 2 N–H and O–H groups in total. The summed E-state index contributed by atoms with van der Waals surface area (Å²) in [6.07, 6.45) is -1.22. The summed E-state index contributed by atoms with van der Waals surface area (Å²) in [4.78, 5) is 0. The van der Waals surface area contributed by atoms with Crippen LogP contribution >= 0.6 is 0 Å². The van der Waals surface area contributed by atoms with E-state index >= 15 is 0 Å². The summed E-state index contributed by atoms with van der Waals surface area (Å²) in [5.74, 6) is 0. The maximum Gasteiger partial charge on any atom is 0.108 e. The molecule has 2 heteroatoms. The zero-order valence-corrected chi connectivity index (χ0v) is 18.1. The minimum atomic E-state index is -1.22. The Kier molecular flexibility index (Phi) is 8.06. The molecular formula is C28H32BN. The van der Waals surface area contributed by atoms with Gasteiger partial charge < -0.3 is 5.32 Å². The average molecular weight is 393 g/mol. The molecular weight excluding hydrogens is 361 g/mol. The lowest BCUT2D eigenvalue weighted by Gasteiger charge is -2.44. The average Bonchev–Trinajstić information content (AvgIpc) is 2.83. The standard InChI is InChI=1S/C24H20B.C4H11N/c1-5-13-21(14-6-1)25(22-15-7-2-8-16-22,23-17-9-3-10-18-23)24-19-11-4-12-20-24;1-3-5-4-2/h1-20H;5H,3-4H2,1-2H3/q-1;/p+1. The molecule has 0 saturated heterocycles. The van der Waals surface area contributed by atoms with Gasteiger partial charge in [-0.05, 0) is 13.8 Å². The Morgan fingerprint density at radius 3 is 0.833 bits per heavy atom. The van der Waals surface area contributed by atoms with E-state index in [1.807, 2.05) is 0 Å². The fourth-order valence-electron chi connectivity index (χ4n) is 4.41. The van der Waals surface area contributed by atoms with Gasteiger partial charge in [0.2, 0.25) is 0 Å². The second-order valence-corrected chi connectivity index (χ2v) is 7.61. The molecule has 0 amide bonds. The van der Waals surface area contributed by atoms with Crippen molar-refractivity contribution in [2.45, 2.75) is 13.8 Å². The fourth-order valence-corrected chi connectivity index (χ4v) is 4.41. The SMILES string of the molecule is CC[NH2+]CC.c1ccc([B-](c2ccccc2)(c2ccccc2)c2ccccc2)cc1. The van der Waals surface area contributed by atoms with E-state index in [9.17, 15) is 0 Å². The summed E-state index contributed by atoms with van der Waals surface area (Å²) in [5, 5.41) is 2.25. The summed E-state index contributed by atoms with van der Waals surface area (Å²) in [7, 11) is 0. The van der Waals surface area contributed by atoms with Crippen LogP contribution in [0.25, 0.3) is 0 Å². The smallest absolute Gasteiger partial charge is 0.108 e. The van der Waals surface area contributed by atoms with Crippen molar-refractivity contribution in [3.8, 4) is 0 Å². The van der Waals surface area contributed by atoms with E-state index in [4.69, 9.17) is 0 Å². The maximum absolute atomic E-state index is 2.26. The van der Waals surface area contributed by atoms with Gasteiger partial charge in [-0.15, -0.1) is 0 Å². The minimum Gasteiger partial charge on any atom is -0.347 e. The van der Waals surface area contributed by atoms with Gasteiger partial charge in [0.25, 0.3) is 0 Å². The predicted molar refractivity (Wildman–Crippen MR) is 133 cm³/mol. The van der Waals surface area contributed by atoms with Gasteiger partial charge in [-0.2, -0.15) is 21.9 Å². The summed E-state index contributed by atoms with van der Waals surface area (Å²) < 4.78 is 0. The van der Waals surface area contributed by atoms with Crippen molar-refractivity contribution in [1.29, 1.82) is 0 Å². The first-order valence-electron chi connectivity index (χ1n) is 11.0. The minimum absolute atomic E-state index is 1.22. The van der Waals surface area contributed by atoms with Crippen LogP contribution in [0.4, 0.5) is 0 Å². The number of quaternary nitrogens is 1. The van der Waals surface area contributed by atoms with Gasteiger partial charge in [0.05, 0.1) is 13.1 Å². The van der Waals surface area contributed by atoms with Crippen LogP contribution in [0.2, 0.25) is 0 Å². The zero-order chi connectivity index (χ0) is 21.1. The topological polar surface area (TPSA) is 16.6 Å².